The fourth-order valence-electron chi connectivity index (χ4n) is 4.66. The zero-order valence-electron chi connectivity index (χ0n) is 22.4. The second kappa shape index (κ2) is 13.0. The van der Waals surface area contributed by atoms with Gasteiger partial charge in [-0.2, -0.15) is 4.36 Å². The van der Waals surface area contributed by atoms with Crippen LogP contribution in [0, 0.1) is 29.9 Å². The van der Waals surface area contributed by atoms with E-state index in [1.54, 1.807) is 12.1 Å². The molecule has 2 aromatic heterocycles. The average Bonchev–Trinajstić information content (AvgIpc) is 2.90. The number of carbonyl (C=O) groups excluding carboxylic acids is 1. The lowest BCUT2D eigenvalue weighted by Crippen LogP contribution is -2.37. The van der Waals surface area contributed by atoms with Crippen molar-refractivity contribution in [3.8, 4) is 29.2 Å². The molecule has 4 rings (SSSR count). The number of halogens is 2. The van der Waals surface area contributed by atoms with Crippen LogP contribution < -0.4 is 10.1 Å². The van der Waals surface area contributed by atoms with Gasteiger partial charge in [-0.1, -0.05) is 0 Å². The van der Waals surface area contributed by atoms with Gasteiger partial charge in [-0.15, -0.1) is 12.3 Å². The number of aromatic nitrogens is 2. The number of hydrogen-bond acceptors (Lipinski definition) is 7. The first-order valence-electron chi connectivity index (χ1n) is 12.8. The molecular weight excluding hydrogens is 536 g/mol. The van der Waals surface area contributed by atoms with E-state index in [9.17, 15) is 17.8 Å². The third-order valence-corrected chi connectivity index (χ3v) is 8.05. The second-order valence-electron chi connectivity index (χ2n) is 9.78. The monoisotopic (exact) mass is 567 g/mol. The van der Waals surface area contributed by atoms with Crippen LogP contribution in [0.25, 0.3) is 11.1 Å². The highest BCUT2D eigenvalue weighted by Crippen LogP contribution is 2.33. The summed E-state index contributed by atoms with van der Waals surface area (Å²) in [4.78, 5) is 22.9. The van der Waals surface area contributed by atoms with Crippen molar-refractivity contribution < 1.29 is 22.5 Å². The number of ether oxygens (including phenoxy) is 1. The number of methoxy groups -OCH3 is 1. The first kappa shape index (κ1) is 29.1. The molecule has 0 radical (unpaired) electrons. The maximum atomic E-state index is 14.6. The Morgan fingerprint density at radius 3 is 2.65 bits per heavy atom. The van der Waals surface area contributed by atoms with Crippen molar-refractivity contribution in [1.82, 2.24) is 14.9 Å². The van der Waals surface area contributed by atoms with E-state index in [-0.39, 0.29) is 29.4 Å². The molecule has 1 fully saturated rings. The molecule has 8 nitrogen and oxygen atoms in total. The minimum Gasteiger partial charge on any atom is -0.496 e. The van der Waals surface area contributed by atoms with Crippen molar-refractivity contribution in [1.29, 1.82) is 0 Å². The molecule has 0 aliphatic carbocycles. The van der Waals surface area contributed by atoms with E-state index >= 15 is 0 Å². The largest absolute Gasteiger partial charge is 0.496 e. The number of likely N-dealkylation sites (tertiary alicyclic amines) is 1. The third-order valence-electron chi connectivity index (χ3n) is 6.59. The SMILES string of the molecule is C#CCC1CCN(CC(=O)N=S(C)(=O)Cc2ccnc(Nc3cc(-c4ccc(F)cc4OC)c(F)cn3)c2)CC1. The predicted octanol–water partition coefficient (Wildman–Crippen LogP) is 5.03. The quantitative estimate of drug-likeness (QED) is 0.362. The first-order chi connectivity index (χ1) is 19.2. The van der Waals surface area contributed by atoms with Crippen LogP contribution in [0.2, 0.25) is 0 Å². The van der Waals surface area contributed by atoms with Gasteiger partial charge < -0.3 is 10.1 Å². The molecule has 1 aliphatic heterocycles. The number of anilines is 2. The molecule has 11 heteroatoms. The Hall–Kier alpha value is -3.88. The molecule has 1 amide bonds. The van der Waals surface area contributed by atoms with Crippen molar-refractivity contribution in [2.75, 3.05) is 38.3 Å². The topological polar surface area (TPSA) is 96.8 Å². The van der Waals surface area contributed by atoms with Gasteiger partial charge in [0.2, 0.25) is 0 Å². The molecule has 40 heavy (non-hydrogen) atoms. The van der Waals surface area contributed by atoms with Crippen molar-refractivity contribution in [2.24, 2.45) is 10.3 Å². The maximum absolute atomic E-state index is 14.6. The van der Waals surface area contributed by atoms with E-state index in [4.69, 9.17) is 11.2 Å². The summed E-state index contributed by atoms with van der Waals surface area (Å²) in [6.07, 6.45) is 12.1. The van der Waals surface area contributed by atoms with E-state index in [2.05, 4.69) is 25.6 Å². The number of hydrogen-bond donors (Lipinski definition) is 1. The average molecular weight is 568 g/mol. The van der Waals surface area contributed by atoms with Gasteiger partial charge >= 0.3 is 0 Å². The zero-order valence-corrected chi connectivity index (χ0v) is 23.2. The lowest BCUT2D eigenvalue weighted by Gasteiger charge is -2.30. The summed E-state index contributed by atoms with van der Waals surface area (Å²) >= 11 is 0. The second-order valence-corrected chi connectivity index (χ2v) is 12.2. The molecule has 1 N–H and O–H groups in total. The van der Waals surface area contributed by atoms with Crippen molar-refractivity contribution in [2.45, 2.75) is 25.0 Å². The molecule has 3 aromatic rings. The summed E-state index contributed by atoms with van der Waals surface area (Å²) in [6, 6.07) is 8.65. The molecule has 1 saturated heterocycles. The standard InChI is InChI=1S/C29H31F2N5O3S/c1-4-5-20-9-12-36(13-10-20)18-29(37)35-40(3,38)19-21-8-11-32-27(14-21)34-28-16-24(25(31)17-33-28)23-7-6-22(30)15-26(23)39-2/h1,6-8,11,14-17,20H,5,9-10,12-13,18-19H2,2-3H3,(H,32,33,34). The van der Waals surface area contributed by atoms with Gasteiger partial charge in [-0.05, 0) is 67.7 Å². The number of pyridine rings is 2. The number of amides is 1. The van der Waals surface area contributed by atoms with Crippen LogP contribution >= 0.6 is 0 Å². The Balaban J connectivity index is 1.44. The molecule has 1 aromatic carbocycles. The van der Waals surface area contributed by atoms with Crippen LogP contribution in [0.1, 0.15) is 24.8 Å². The van der Waals surface area contributed by atoms with Crippen LogP contribution in [-0.4, -0.2) is 58.0 Å². The number of terminal acetylenes is 1. The molecule has 1 unspecified atom stereocenters. The highest BCUT2D eigenvalue weighted by atomic mass is 32.2. The summed E-state index contributed by atoms with van der Waals surface area (Å²) in [7, 11) is -1.47. The van der Waals surface area contributed by atoms with E-state index in [0.717, 1.165) is 38.5 Å². The molecule has 1 aliphatic rings. The van der Waals surface area contributed by atoms with Crippen LogP contribution in [0.3, 0.4) is 0 Å². The van der Waals surface area contributed by atoms with E-state index in [1.807, 2.05) is 4.90 Å². The molecular formula is C29H31F2N5O3S. The first-order valence-corrected chi connectivity index (χ1v) is 14.8. The summed E-state index contributed by atoms with van der Waals surface area (Å²) in [5, 5.41) is 3.01. The summed E-state index contributed by atoms with van der Waals surface area (Å²) < 4.78 is 50.7. The van der Waals surface area contributed by atoms with Crippen molar-refractivity contribution in [3.63, 3.8) is 0 Å². The Kier molecular flexibility index (Phi) is 9.45. The van der Waals surface area contributed by atoms with Crippen LogP contribution in [0.5, 0.6) is 5.75 Å². The fourth-order valence-corrected chi connectivity index (χ4v) is 6.01. The molecule has 1 atom stereocenters. The fraction of sp³-hybridized carbons (Fsp3) is 0.345. The minimum absolute atomic E-state index is 0.0507. The smallest absolute Gasteiger partial charge is 0.267 e. The minimum atomic E-state index is -2.85. The molecule has 0 spiro atoms. The molecule has 0 saturated carbocycles. The number of nitrogens with one attached hydrogen (secondary N) is 1. The van der Waals surface area contributed by atoms with Gasteiger partial charge in [-0.25, -0.2) is 23.0 Å². The van der Waals surface area contributed by atoms with Crippen LogP contribution in [-0.2, 0) is 20.3 Å². The summed E-state index contributed by atoms with van der Waals surface area (Å²) in [6.45, 7) is 1.67. The Bertz CT molecular complexity index is 1540. The Morgan fingerprint density at radius 1 is 1.18 bits per heavy atom. The van der Waals surface area contributed by atoms with Crippen LogP contribution in [0.4, 0.5) is 20.4 Å². The maximum Gasteiger partial charge on any atom is 0.267 e. The Morgan fingerprint density at radius 2 is 1.93 bits per heavy atom. The van der Waals surface area contributed by atoms with Gasteiger partial charge in [0.25, 0.3) is 5.91 Å². The van der Waals surface area contributed by atoms with E-state index in [0.29, 0.717) is 22.9 Å². The lowest BCUT2D eigenvalue weighted by atomic mass is 9.94. The predicted molar refractivity (Wildman–Crippen MR) is 151 cm³/mol. The summed E-state index contributed by atoms with van der Waals surface area (Å²) in [5.41, 5.74) is 1.18. The lowest BCUT2D eigenvalue weighted by molar-refractivity contribution is -0.119. The Labute approximate surface area is 233 Å². The van der Waals surface area contributed by atoms with Gasteiger partial charge in [0.15, 0.2) is 0 Å². The molecule has 0 bridgehead atoms. The third kappa shape index (κ3) is 7.83. The van der Waals surface area contributed by atoms with E-state index in [1.165, 1.54) is 43.8 Å². The highest BCUT2D eigenvalue weighted by Gasteiger charge is 2.21. The van der Waals surface area contributed by atoms with Crippen molar-refractivity contribution in [3.05, 3.63) is 66.0 Å². The number of rotatable bonds is 9. The number of piperidine rings is 1. The van der Waals surface area contributed by atoms with Gasteiger partial charge in [0, 0.05) is 36.1 Å². The normalized spacial score (nSPS) is 15.6. The van der Waals surface area contributed by atoms with Crippen molar-refractivity contribution >= 4 is 27.3 Å². The number of carbonyl (C=O) groups is 1. The van der Waals surface area contributed by atoms with Gasteiger partial charge in [-0.3, -0.25) is 9.69 Å². The molecule has 3 heterocycles. The number of benzene rings is 1. The highest BCUT2D eigenvalue weighted by molar-refractivity contribution is 7.92. The number of nitrogens with zero attached hydrogens (tertiary/aromatic N) is 4. The zero-order chi connectivity index (χ0) is 28.7. The van der Waals surface area contributed by atoms with Gasteiger partial charge in [0.05, 0.1) is 35.3 Å². The van der Waals surface area contributed by atoms with E-state index < -0.39 is 27.3 Å². The van der Waals surface area contributed by atoms with Gasteiger partial charge in [0.1, 0.15) is 29.0 Å². The summed E-state index contributed by atoms with van der Waals surface area (Å²) in [5.74, 6) is 2.57. The van der Waals surface area contributed by atoms with Crippen LogP contribution in [0.15, 0.2) is 53.2 Å². The molecule has 210 valence electrons.